The summed E-state index contributed by atoms with van der Waals surface area (Å²) in [5.74, 6) is -0.348. The maximum Gasteiger partial charge on any atom is 0.296 e. The van der Waals surface area contributed by atoms with Crippen molar-refractivity contribution in [3.63, 3.8) is 0 Å². The predicted molar refractivity (Wildman–Crippen MR) is 125 cm³/mol. The van der Waals surface area contributed by atoms with Crippen LogP contribution in [0.15, 0.2) is 72.4 Å². The van der Waals surface area contributed by atoms with Gasteiger partial charge in [0.1, 0.15) is 17.3 Å². The number of benzene rings is 2. The van der Waals surface area contributed by atoms with Crippen LogP contribution in [0.25, 0.3) is 5.76 Å². The van der Waals surface area contributed by atoms with Crippen molar-refractivity contribution in [2.45, 2.75) is 25.4 Å². The number of nitrogens with zero attached hydrogens (tertiary/aromatic N) is 2. The lowest BCUT2D eigenvalue weighted by atomic mass is 9.93. The first kappa shape index (κ1) is 21.7. The molecule has 7 nitrogen and oxygen atoms in total. The van der Waals surface area contributed by atoms with Crippen molar-refractivity contribution in [2.24, 2.45) is 0 Å². The van der Waals surface area contributed by atoms with E-state index in [1.165, 1.54) is 12.0 Å². The van der Waals surface area contributed by atoms with Crippen LogP contribution in [0.1, 0.15) is 34.8 Å². The van der Waals surface area contributed by atoms with E-state index in [4.69, 9.17) is 9.47 Å². The third kappa shape index (κ3) is 3.79. The zero-order valence-corrected chi connectivity index (χ0v) is 18.7. The molecule has 1 fully saturated rings. The largest absolute Gasteiger partial charge is 0.507 e. The number of carbonyl (C=O) groups is 2. The van der Waals surface area contributed by atoms with Crippen LogP contribution >= 0.6 is 0 Å². The predicted octanol–water partition coefficient (Wildman–Crippen LogP) is 4.04. The summed E-state index contributed by atoms with van der Waals surface area (Å²) in [7, 11) is 1.53. The Kier molecular flexibility index (Phi) is 5.76. The highest BCUT2D eigenvalue weighted by molar-refractivity contribution is 6.46. The third-order valence-corrected chi connectivity index (χ3v) is 6.21. The number of rotatable bonds is 5. The van der Waals surface area contributed by atoms with Crippen LogP contribution in [0.3, 0.4) is 0 Å². The van der Waals surface area contributed by atoms with Crippen molar-refractivity contribution >= 4 is 17.4 Å². The molecule has 1 aromatic heterocycles. The van der Waals surface area contributed by atoms with Crippen molar-refractivity contribution in [3.05, 3.63) is 94.8 Å². The summed E-state index contributed by atoms with van der Waals surface area (Å²) in [6.07, 6.45) is 3.34. The second-order valence-electron chi connectivity index (χ2n) is 8.26. The number of aliphatic hydroxyl groups is 1. The molecule has 172 valence electrons. The molecule has 3 heterocycles. The number of ketones is 1. The number of fused-ring (bicyclic) bond motifs is 1. The lowest BCUT2D eigenvalue weighted by molar-refractivity contribution is -0.140. The Hall–Kier alpha value is -4.13. The van der Waals surface area contributed by atoms with Crippen LogP contribution in [-0.2, 0) is 22.6 Å². The Morgan fingerprint density at radius 2 is 1.97 bits per heavy atom. The second kappa shape index (κ2) is 9.02. The number of hydrogen-bond donors (Lipinski definition) is 1. The number of pyridine rings is 1. The van der Waals surface area contributed by atoms with Crippen LogP contribution in [-0.4, -0.2) is 40.4 Å². The van der Waals surface area contributed by atoms with Gasteiger partial charge < -0.3 is 19.5 Å². The minimum absolute atomic E-state index is 0.0297. The van der Waals surface area contributed by atoms with Crippen LogP contribution in [0, 0.1) is 0 Å². The number of amides is 1. The number of ether oxygens (including phenoxy) is 2. The molecule has 2 aliphatic rings. The maximum atomic E-state index is 13.3. The highest BCUT2D eigenvalue weighted by Gasteiger charge is 2.47. The van der Waals surface area contributed by atoms with E-state index in [-0.39, 0.29) is 17.9 Å². The van der Waals surface area contributed by atoms with Gasteiger partial charge in [-0.25, -0.2) is 0 Å². The lowest BCUT2D eigenvalue weighted by Gasteiger charge is -2.26. The van der Waals surface area contributed by atoms with Gasteiger partial charge >= 0.3 is 0 Å². The molecule has 7 heteroatoms. The molecule has 2 aromatic carbocycles. The number of aliphatic hydroxyl groups excluding tert-OH is 1. The molecule has 0 radical (unpaired) electrons. The molecule has 2 aliphatic heterocycles. The van der Waals surface area contributed by atoms with Crippen LogP contribution in [0.4, 0.5) is 0 Å². The number of para-hydroxylation sites is 1. The average molecular weight is 456 g/mol. The van der Waals surface area contributed by atoms with Gasteiger partial charge in [-0.2, -0.15) is 0 Å². The molecule has 1 N–H and O–H groups in total. The fourth-order valence-electron chi connectivity index (χ4n) is 4.59. The number of aromatic nitrogens is 1. The molecule has 5 rings (SSSR count). The monoisotopic (exact) mass is 456 g/mol. The van der Waals surface area contributed by atoms with Gasteiger partial charge in [0.15, 0.2) is 0 Å². The van der Waals surface area contributed by atoms with Crippen molar-refractivity contribution in [1.82, 2.24) is 9.88 Å². The van der Waals surface area contributed by atoms with Gasteiger partial charge in [0.25, 0.3) is 11.7 Å². The van der Waals surface area contributed by atoms with Crippen LogP contribution in [0.5, 0.6) is 11.5 Å². The lowest BCUT2D eigenvalue weighted by Crippen LogP contribution is -2.29. The van der Waals surface area contributed by atoms with E-state index >= 15 is 0 Å². The van der Waals surface area contributed by atoms with E-state index in [9.17, 15) is 14.7 Å². The molecule has 1 atom stereocenters. The molecule has 34 heavy (non-hydrogen) atoms. The normalized spacial score (nSPS) is 19.0. The first-order valence-electron chi connectivity index (χ1n) is 11.2. The van der Waals surface area contributed by atoms with E-state index in [0.717, 1.165) is 24.2 Å². The molecule has 1 amide bonds. The molecule has 0 bridgehead atoms. The quantitative estimate of drug-likeness (QED) is 0.354. The fraction of sp³-hybridized carbons (Fsp3) is 0.222. The van der Waals surface area contributed by atoms with E-state index in [2.05, 4.69) is 4.98 Å². The molecule has 0 spiro atoms. The zero-order valence-electron chi connectivity index (χ0n) is 18.7. The number of aryl methyl sites for hydroxylation is 1. The van der Waals surface area contributed by atoms with Crippen molar-refractivity contribution in [1.29, 1.82) is 0 Å². The number of Topliss-reactive ketones (excluding diaryl/α,β-unsaturated/α-hetero) is 1. The summed E-state index contributed by atoms with van der Waals surface area (Å²) in [6, 6.07) is 17.1. The minimum Gasteiger partial charge on any atom is -0.507 e. The second-order valence-corrected chi connectivity index (χ2v) is 8.26. The molecular weight excluding hydrogens is 432 g/mol. The third-order valence-electron chi connectivity index (χ3n) is 6.21. The molecular formula is C27H24N2O5. The molecule has 3 aromatic rings. The smallest absolute Gasteiger partial charge is 0.296 e. The van der Waals surface area contributed by atoms with Crippen LogP contribution in [0.2, 0.25) is 0 Å². The highest BCUT2D eigenvalue weighted by Crippen LogP contribution is 2.43. The Balaban J connectivity index is 1.66. The minimum atomic E-state index is -0.828. The van der Waals surface area contributed by atoms with Gasteiger partial charge in [0.05, 0.1) is 37.6 Å². The Morgan fingerprint density at radius 1 is 1.15 bits per heavy atom. The van der Waals surface area contributed by atoms with Crippen molar-refractivity contribution < 1.29 is 24.2 Å². The summed E-state index contributed by atoms with van der Waals surface area (Å²) >= 11 is 0. The molecule has 0 saturated carbocycles. The number of likely N-dealkylation sites (tertiary alicyclic amines) is 1. The van der Waals surface area contributed by atoms with Gasteiger partial charge in [-0.1, -0.05) is 24.3 Å². The molecule has 1 saturated heterocycles. The molecule has 0 aliphatic carbocycles. The fourth-order valence-corrected chi connectivity index (χ4v) is 4.59. The SMILES string of the molecule is COc1ccccc1C1/C(=C(\O)c2ccc3c(c2)CCCO3)C(=O)C(=O)N1Cc1ccccn1. The number of carbonyl (C=O) groups excluding carboxylic acids is 2. The average Bonchev–Trinajstić information content (AvgIpc) is 3.13. The van der Waals surface area contributed by atoms with E-state index in [1.807, 2.05) is 24.3 Å². The van der Waals surface area contributed by atoms with Crippen molar-refractivity contribution in [2.75, 3.05) is 13.7 Å². The van der Waals surface area contributed by atoms with Crippen LogP contribution < -0.4 is 9.47 Å². The standard InChI is InChI=1S/C27H24N2O5/c1-33-22-10-3-2-9-20(22)24-23(25(30)18-11-12-21-17(15-18)7-6-14-34-21)26(31)27(32)29(24)16-19-8-4-5-13-28-19/h2-5,8-13,15,24,30H,6-7,14,16H2,1H3/b25-23+. The number of methoxy groups -OCH3 is 1. The van der Waals surface area contributed by atoms with Gasteiger partial charge in [-0.15, -0.1) is 0 Å². The summed E-state index contributed by atoms with van der Waals surface area (Å²) < 4.78 is 11.2. The van der Waals surface area contributed by atoms with Gasteiger partial charge in [0, 0.05) is 17.3 Å². The van der Waals surface area contributed by atoms with Gasteiger partial charge in [-0.3, -0.25) is 14.6 Å². The maximum absolute atomic E-state index is 13.3. The van der Waals surface area contributed by atoms with E-state index in [0.29, 0.717) is 29.2 Å². The highest BCUT2D eigenvalue weighted by atomic mass is 16.5. The summed E-state index contributed by atoms with van der Waals surface area (Å²) in [5, 5.41) is 11.4. The van der Waals surface area contributed by atoms with E-state index < -0.39 is 17.7 Å². The summed E-state index contributed by atoms with van der Waals surface area (Å²) in [6.45, 7) is 0.772. The Morgan fingerprint density at radius 3 is 2.76 bits per heavy atom. The topological polar surface area (TPSA) is 89.0 Å². The van der Waals surface area contributed by atoms with Gasteiger partial charge in [0.2, 0.25) is 0 Å². The van der Waals surface area contributed by atoms with Crippen molar-refractivity contribution in [3.8, 4) is 11.5 Å². The summed E-state index contributed by atoms with van der Waals surface area (Å²) in [4.78, 5) is 32.3. The molecule has 1 unspecified atom stereocenters. The van der Waals surface area contributed by atoms with Gasteiger partial charge in [-0.05, 0) is 54.8 Å². The number of hydrogen-bond acceptors (Lipinski definition) is 6. The first-order valence-corrected chi connectivity index (χ1v) is 11.2. The van der Waals surface area contributed by atoms with E-state index in [1.54, 1.807) is 42.6 Å². The summed E-state index contributed by atoms with van der Waals surface area (Å²) in [5.41, 5.74) is 2.71. The Bertz CT molecular complexity index is 1290. The first-order chi connectivity index (χ1) is 16.6. The zero-order chi connectivity index (χ0) is 23.7. The Labute approximate surface area is 197 Å².